The average molecular weight is 374 g/mol. The molecule has 2 N–H and O–H groups in total. The number of anilines is 1. The standard InChI is InChI=1S/C17H13Cl2N5O/c1-9-5-6-13-11(7-9)15-22-23(17(25)24(15)16(20)21-13)8-10-3-2-4-12(18)14(10)19/h2-7H,8H2,1H3,(H2,20,21). The number of hydrogen-bond donors (Lipinski definition) is 1. The van der Waals surface area contributed by atoms with Gasteiger partial charge in [-0.3, -0.25) is 0 Å². The molecule has 2 aromatic heterocycles. The minimum absolute atomic E-state index is 0.0970. The van der Waals surface area contributed by atoms with E-state index in [4.69, 9.17) is 28.9 Å². The van der Waals surface area contributed by atoms with Crippen molar-refractivity contribution in [2.24, 2.45) is 0 Å². The maximum absolute atomic E-state index is 12.7. The smallest absolute Gasteiger partial charge is 0.353 e. The average Bonchev–Trinajstić information content (AvgIpc) is 2.90. The number of aromatic nitrogens is 4. The molecule has 4 rings (SSSR count). The van der Waals surface area contributed by atoms with Crippen LogP contribution in [0.3, 0.4) is 0 Å². The molecule has 0 aliphatic carbocycles. The first-order valence-electron chi connectivity index (χ1n) is 7.54. The maximum Gasteiger partial charge on any atom is 0.353 e. The van der Waals surface area contributed by atoms with E-state index < -0.39 is 0 Å². The van der Waals surface area contributed by atoms with Crippen LogP contribution in [-0.4, -0.2) is 19.2 Å². The lowest BCUT2D eigenvalue weighted by Crippen LogP contribution is -2.23. The predicted molar refractivity (Wildman–Crippen MR) is 99.5 cm³/mol. The van der Waals surface area contributed by atoms with E-state index in [2.05, 4.69) is 10.1 Å². The Morgan fingerprint density at radius 1 is 1.20 bits per heavy atom. The van der Waals surface area contributed by atoms with E-state index in [-0.39, 0.29) is 18.2 Å². The van der Waals surface area contributed by atoms with Gasteiger partial charge in [0.2, 0.25) is 5.95 Å². The van der Waals surface area contributed by atoms with Crippen molar-refractivity contribution in [2.75, 3.05) is 5.73 Å². The van der Waals surface area contributed by atoms with Crippen molar-refractivity contribution < 1.29 is 0 Å². The van der Waals surface area contributed by atoms with Crippen LogP contribution in [0.15, 0.2) is 41.2 Å². The summed E-state index contributed by atoms with van der Waals surface area (Å²) in [6, 6.07) is 11.0. The first-order chi connectivity index (χ1) is 12.0. The van der Waals surface area contributed by atoms with Gasteiger partial charge in [0, 0.05) is 5.39 Å². The largest absolute Gasteiger partial charge is 0.369 e. The molecule has 2 heterocycles. The molecule has 0 fully saturated rings. The van der Waals surface area contributed by atoms with Gasteiger partial charge in [-0.25, -0.2) is 18.9 Å². The van der Waals surface area contributed by atoms with Crippen molar-refractivity contribution in [1.82, 2.24) is 19.2 Å². The van der Waals surface area contributed by atoms with Crippen LogP contribution in [0.2, 0.25) is 10.0 Å². The highest BCUT2D eigenvalue weighted by Crippen LogP contribution is 2.26. The molecule has 8 heteroatoms. The number of nitrogen functional groups attached to an aromatic ring is 1. The number of halogens is 2. The SMILES string of the molecule is Cc1ccc2nc(N)n3c(=O)n(Cc4cccc(Cl)c4Cl)nc3c2c1. The highest BCUT2D eigenvalue weighted by atomic mass is 35.5. The predicted octanol–water partition coefficient (Wildman–Crippen LogP) is 3.29. The lowest BCUT2D eigenvalue weighted by Gasteiger charge is -2.04. The van der Waals surface area contributed by atoms with Crippen molar-refractivity contribution in [3.8, 4) is 0 Å². The summed E-state index contributed by atoms with van der Waals surface area (Å²) in [6.45, 7) is 2.15. The summed E-state index contributed by atoms with van der Waals surface area (Å²) in [5.74, 6) is 0.0970. The molecule has 6 nitrogen and oxygen atoms in total. The topological polar surface area (TPSA) is 78.2 Å². The summed E-state index contributed by atoms with van der Waals surface area (Å²) in [4.78, 5) is 17.0. The third kappa shape index (κ3) is 2.54. The summed E-state index contributed by atoms with van der Waals surface area (Å²) in [5.41, 5.74) is 8.50. The molecular formula is C17H13Cl2N5O. The van der Waals surface area contributed by atoms with Gasteiger partial charge in [-0.15, -0.1) is 5.10 Å². The second-order valence-corrected chi connectivity index (χ2v) is 6.59. The molecule has 25 heavy (non-hydrogen) atoms. The van der Waals surface area contributed by atoms with E-state index in [0.717, 1.165) is 10.9 Å². The van der Waals surface area contributed by atoms with Gasteiger partial charge in [-0.05, 0) is 30.7 Å². The van der Waals surface area contributed by atoms with Crippen LogP contribution in [-0.2, 0) is 6.54 Å². The van der Waals surface area contributed by atoms with Gasteiger partial charge in [0.25, 0.3) is 0 Å². The molecule has 0 atom stereocenters. The molecule has 0 bridgehead atoms. The molecule has 0 saturated heterocycles. The number of rotatable bonds is 2. The van der Waals surface area contributed by atoms with Gasteiger partial charge in [-0.2, -0.15) is 0 Å². The summed E-state index contributed by atoms with van der Waals surface area (Å²) in [6.07, 6.45) is 0. The third-order valence-electron chi connectivity index (χ3n) is 4.05. The van der Waals surface area contributed by atoms with Crippen LogP contribution >= 0.6 is 23.2 Å². The van der Waals surface area contributed by atoms with E-state index in [1.807, 2.05) is 25.1 Å². The van der Waals surface area contributed by atoms with Gasteiger partial charge in [0.1, 0.15) is 0 Å². The van der Waals surface area contributed by atoms with Crippen LogP contribution in [0, 0.1) is 6.92 Å². The fourth-order valence-electron chi connectivity index (χ4n) is 2.82. The minimum Gasteiger partial charge on any atom is -0.369 e. The quantitative estimate of drug-likeness (QED) is 0.584. The summed E-state index contributed by atoms with van der Waals surface area (Å²) < 4.78 is 2.62. The first-order valence-corrected chi connectivity index (χ1v) is 8.29. The fraction of sp³-hybridized carbons (Fsp3) is 0.118. The minimum atomic E-state index is -0.376. The Morgan fingerprint density at radius 3 is 2.80 bits per heavy atom. The number of fused-ring (bicyclic) bond motifs is 3. The van der Waals surface area contributed by atoms with Gasteiger partial charge >= 0.3 is 5.69 Å². The lowest BCUT2D eigenvalue weighted by atomic mass is 10.1. The number of hydrogen-bond acceptors (Lipinski definition) is 4. The van der Waals surface area contributed by atoms with Crippen LogP contribution < -0.4 is 11.4 Å². The Labute approximate surface area is 152 Å². The highest BCUT2D eigenvalue weighted by Gasteiger charge is 2.16. The first kappa shape index (κ1) is 15.9. The molecule has 0 aliphatic rings. The Balaban J connectivity index is 1.97. The Hall–Kier alpha value is -2.57. The number of nitrogens with zero attached hydrogens (tertiary/aromatic N) is 4. The van der Waals surface area contributed by atoms with Crippen molar-refractivity contribution in [1.29, 1.82) is 0 Å². The molecule has 0 amide bonds. The molecule has 0 unspecified atom stereocenters. The molecule has 4 aromatic rings. The molecule has 0 saturated carbocycles. The van der Waals surface area contributed by atoms with E-state index in [1.54, 1.807) is 18.2 Å². The highest BCUT2D eigenvalue weighted by molar-refractivity contribution is 6.42. The van der Waals surface area contributed by atoms with Crippen molar-refractivity contribution in [2.45, 2.75) is 13.5 Å². The normalized spacial score (nSPS) is 11.5. The Bertz CT molecular complexity index is 1200. The van der Waals surface area contributed by atoms with Crippen LogP contribution in [0.1, 0.15) is 11.1 Å². The number of benzene rings is 2. The van der Waals surface area contributed by atoms with Gasteiger partial charge in [0.15, 0.2) is 5.65 Å². The molecule has 0 spiro atoms. The number of aryl methyl sites for hydroxylation is 1. The molecular weight excluding hydrogens is 361 g/mol. The Kier molecular flexibility index (Phi) is 3.67. The second kappa shape index (κ2) is 5.75. The van der Waals surface area contributed by atoms with Gasteiger partial charge in [-0.1, -0.05) is 47.0 Å². The van der Waals surface area contributed by atoms with Crippen molar-refractivity contribution in [3.63, 3.8) is 0 Å². The second-order valence-electron chi connectivity index (χ2n) is 5.80. The summed E-state index contributed by atoms with van der Waals surface area (Å²) in [7, 11) is 0. The molecule has 126 valence electrons. The summed E-state index contributed by atoms with van der Waals surface area (Å²) >= 11 is 12.3. The van der Waals surface area contributed by atoms with Crippen LogP contribution in [0.25, 0.3) is 16.6 Å². The zero-order chi connectivity index (χ0) is 17.7. The zero-order valence-electron chi connectivity index (χ0n) is 13.2. The number of nitrogens with two attached hydrogens (primary N) is 1. The monoisotopic (exact) mass is 373 g/mol. The van der Waals surface area contributed by atoms with Gasteiger partial charge in [0.05, 0.1) is 22.1 Å². The van der Waals surface area contributed by atoms with Crippen molar-refractivity contribution >= 4 is 45.7 Å². The molecule has 0 radical (unpaired) electrons. The lowest BCUT2D eigenvalue weighted by molar-refractivity contribution is 0.659. The Morgan fingerprint density at radius 2 is 2.00 bits per heavy atom. The van der Waals surface area contributed by atoms with E-state index in [0.29, 0.717) is 26.8 Å². The van der Waals surface area contributed by atoms with E-state index in [1.165, 1.54) is 9.08 Å². The van der Waals surface area contributed by atoms with Crippen LogP contribution in [0.4, 0.5) is 5.95 Å². The maximum atomic E-state index is 12.7. The zero-order valence-corrected chi connectivity index (χ0v) is 14.7. The van der Waals surface area contributed by atoms with E-state index in [9.17, 15) is 4.79 Å². The molecule has 0 aliphatic heterocycles. The molecule has 2 aromatic carbocycles. The van der Waals surface area contributed by atoms with Gasteiger partial charge < -0.3 is 5.73 Å². The summed E-state index contributed by atoms with van der Waals surface area (Å²) in [5, 5.41) is 6.05. The van der Waals surface area contributed by atoms with Crippen LogP contribution in [0.5, 0.6) is 0 Å². The third-order valence-corrected chi connectivity index (χ3v) is 4.91. The fourth-order valence-corrected chi connectivity index (χ4v) is 3.20. The van der Waals surface area contributed by atoms with Crippen molar-refractivity contribution in [3.05, 3.63) is 68.1 Å². The van der Waals surface area contributed by atoms with E-state index >= 15 is 0 Å².